The molecule has 0 atom stereocenters. The number of aryl methyl sites for hydroxylation is 1. The predicted octanol–water partition coefficient (Wildman–Crippen LogP) is 7.67. The van der Waals surface area contributed by atoms with Gasteiger partial charge in [-0.05, 0) is 97.5 Å². The van der Waals surface area contributed by atoms with Gasteiger partial charge in [-0.25, -0.2) is 9.37 Å². The summed E-state index contributed by atoms with van der Waals surface area (Å²) >= 11 is 0. The number of rotatable bonds is 13. The molecule has 1 N–H and O–H groups in total. The van der Waals surface area contributed by atoms with Gasteiger partial charge in [-0.1, -0.05) is 38.1 Å². The Bertz CT molecular complexity index is 2100. The van der Waals surface area contributed by atoms with Crippen molar-refractivity contribution in [3.8, 4) is 28.6 Å². The van der Waals surface area contributed by atoms with Gasteiger partial charge in [0, 0.05) is 16.8 Å². The van der Waals surface area contributed by atoms with Crippen molar-refractivity contribution in [2.24, 2.45) is 5.10 Å². The van der Waals surface area contributed by atoms with E-state index in [1.165, 1.54) is 22.9 Å². The first-order valence-electron chi connectivity index (χ1n) is 16.0. The van der Waals surface area contributed by atoms with E-state index < -0.39 is 11.7 Å². The third-order valence-corrected chi connectivity index (χ3v) is 7.79. The summed E-state index contributed by atoms with van der Waals surface area (Å²) in [5.74, 6) is 1.15. The van der Waals surface area contributed by atoms with Gasteiger partial charge in [0.1, 0.15) is 11.6 Å². The molecule has 4 aromatic carbocycles. The fraction of sp³-hybridized carbons (Fsp3) is 0.231. The van der Waals surface area contributed by atoms with Crippen molar-refractivity contribution in [2.45, 2.75) is 40.0 Å². The van der Waals surface area contributed by atoms with Crippen molar-refractivity contribution in [3.05, 3.63) is 124 Å². The van der Waals surface area contributed by atoms with E-state index in [1.807, 2.05) is 44.2 Å². The van der Waals surface area contributed by atoms with Crippen molar-refractivity contribution in [3.63, 3.8) is 0 Å². The lowest BCUT2D eigenvalue weighted by atomic mass is 9.96. The summed E-state index contributed by atoms with van der Waals surface area (Å²) in [6, 6.07) is 20.3. The zero-order valence-corrected chi connectivity index (χ0v) is 28.2. The first-order chi connectivity index (χ1) is 23.6. The highest BCUT2D eigenvalue weighted by atomic mass is 19.1. The Hall–Kier alpha value is -5.77. The summed E-state index contributed by atoms with van der Waals surface area (Å²) in [6.07, 6.45) is 3.67. The van der Waals surface area contributed by atoms with Gasteiger partial charge < -0.3 is 19.5 Å². The number of nitrogens with zero attached hydrogens (tertiary/aromatic N) is 3. The van der Waals surface area contributed by atoms with E-state index in [2.05, 4.69) is 30.8 Å². The third kappa shape index (κ3) is 7.86. The van der Waals surface area contributed by atoms with Crippen LogP contribution in [0.1, 0.15) is 48.9 Å². The van der Waals surface area contributed by atoms with E-state index in [0.29, 0.717) is 58.1 Å². The Balaban J connectivity index is 1.56. The van der Waals surface area contributed by atoms with Gasteiger partial charge in [0.2, 0.25) is 0 Å². The van der Waals surface area contributed by atoms with E-state index >= 15 is 0 Å². The summed E-state index contributed by atoms with van der Waals surface area (Å²) in [5.41, 5.74) is 4.49. The highest BCUT2D eigenvalue weighted by molar-refractivity contribution is 5.92. The van der Waals surface area contributed by atoms with E-state index in [-0.39, 0.29) is 18.1 Å². The number of benzene rings is 4. The number of aromatic nitrogens is 2. The highest BCUT2D eigenvalue weighted by Gasteiger charge is 2.19. The maximum absolute atomic E-state index is 14.0. The van der Waals surface area contributed by atoms with Gasteiger partial charge in [-0.3, -0.25) is 9.59 Å². The third-order valence-electron chi connectivity index (χ3n) is 7.79. The number of amides is 1. The van der Waals surface area contributed by atoms with E-state index in [4.69, 9.17) is 19.2 Å². The Morgan fingerprint density at radius 3 is 2.57 bits per heavy atom. The zero-order valence-electron chi connectivity index (χ0n) is 28.2. The monoisotopic (exact) mass is 662 g/mol. The Kier molecular flexibility index (Phi) is 10.9. The molecule has 1 amide bonds. The molecule has 0 fully saturated rings. The van der Waals surface area contributed by atoms with Crippen molar-refractivity contribution >= 4 is 28.7 Å². The SMILES string of the molecule is C=CCc1cc(C=Nn2c(-c3cc(C(C)C)c(OC)cc3C)nc3ccccc3c2=O)cc(OCC)c1OCC(=O)Nc1cccc(F)c1. The first kappa shape index (κ1) is 34.6. The number of nitrogens with one attached hydrogen (secondary N) is 1. The lowest BCUT2D eigenvalue weighted by Gasteiger charge is -2.18. The highest BCUT2D eigenvalue weighted by Crippen LogP contribution is 2.35. The molecule has 5 aromatic rings. The van der Waals surface area contributed by atoms with Gasteiger partial charge in [-0.15, -0.1) is 6.58 Å². The van der Waals surface area contributed by atoms with Crippen LogP contribution < -0.4 is 25.1 Å². The summed E-state index contributed by atoms with van der Waals surface area (Å²) < 4.78 is 32.5. The van der Waals surface area contributed by atoms with Crippen LogP contribution >= 0.6 is 0 Å². The molecule has 10 heteroatoms. The maximum atomic E-state index is 14.0. The average Bonchev–Trinajstić information content (AvgIpc) is 3.07. The molecule has 1 heterocycles. The van der Waals surface area contributed by atoms with Crippen molar-refractivity contribution in [1.82, 2.24) is 9.66 Å². The number of halogens is 1. The van der Waals surface area contributed by atoms with Crippen LogP contribution in [-0.2, 0) is 11.2 Å². The molecule has 0 bridgehead atoms. The molecule has 0 unspecified atom stereocenters. The standard InChI is InChI=1S/C39H39FN4O5/c1-7-12-27-18-26(19-35(48-8-2)37(27)49-23-36(45)42-29-14-11-13-28(40)20-29)22-41-44-38(43-33-16-10-9-15-30(33)39(44)46)32-21-31(24(3)4)34(47-6)17-25(32)5/h7,9-11,13-22,24H,1,8,12,23H2,2-6H3,(H,42,45). The fourth-order valence-electron chi connectivity index (χ4n) is 5.49. The van der Waals surface area contributed by atoms with Gasteiger partial charge in [0.25, 0.3) is 11.5 Å². The molecule has 49 heavy (non-hydrogen) atoms. The van der Waals surface area contributed by atoms with Gasteiger partial charge in [0.05, 0.1) is 30.8 Å². The number of fused-ring (bicyclic) bond motifs is 1. The Labute approximate surface area is 284 Å². The second kappa shape index (κ2) is 15.4. The number of allylic oxidation sites excluding steroid dienone is 1. The fourth-order valence-corrected chi connectivity index (χ4v) is 5.49. The topological polar surface area (TPSA) is 104 Å². The largest absolute Gasteiger partial charge is 0.496 e. The maximum Gasteiger partial charge on any atom is 0.282 e. The molecule has 0 aliphatic rings. The molecule has 5 rings (SSSR count). The van der Waals surface area contributed by atoms with Crippen LogP contribution in [0.5, 0.6) is 17.2 Å². The summed E-state index contributed by atoms with van der Waals surface area (Å²) in [4.78, 5) is 31.5. The summed E-state index contributed by atoms with van der Waals surface area (Å²) in [5, 5.41) is 7.75. The molecule has 0 saturated carbocycles. The van der Waals surface area contributed by atoms with E-state index in [0.717, 1.165) is 22.4 Å². The lowest BCUT2D eigenvalue weighted by Crippen LogP contribution is -2.21. The number of carbonyl (C=O) groups excluding carboxylic acids is 1. The second-order valence-electron chi connectivity index (χ2n) is 11.7. The second-order valence-corrected chi connectivity index (χ2v) is 11.7. The molecule has 0 spiro atoms. The lowest BCUT2D eigenvalue weighted by molar-refractivity contribution is -0.118. The average molecular weight is 663 g/mol. The van der Waals surface area contributed by atoms with Gasteiger partial charge >= 0.3 is 0 Å². The Morgan fingerprint density at radius 1 is 1.06 bits per heavy atom. The van der Waals surface area contributed by atoms with Crippen LogP contribution in [0.3, 0.4) is 0 Å². The minimum atomic E-state index is -0.464. The number of carbonyl (C=O) groups is 1. The van der Waals surface area contributed by atoms with Crippen LogP contribution in [0.15, 0.2) is 95.3 Å². The Morgan fingerprint density at radius 2 is 1.86 bits per heavy atom. The van der Waals surface area contributed by atoms with Crippen LogP contribution in [-0.4, -0.2) is 42.1 Å². The first-order valence-corrected chi connectivity index (χ1v) is 16.0. The van der Waals surface area contributed by atoms with Gasteiger partial charge in [-0.2, -0.15) is 9.78 Å². The zero-order chi connectivity index (χ0) is 35.1. The number of methoxy groups -OCH3 is 1. The van der Waals surface area contributed by atoms with Crippen LogP contribution in [0, 0.1) is 12.7 Å². The molecule has 0 aliphatic carbocycles. The summed E-state index contributed by atoms with van der Waals surface area (Å²) in [6.45, 7) is 11.8. The quantitative estimate of drug-likeness (QED) is 0.103. The normalized spacial score (nSPS) is 11.2. The molecular formula is C39H39FN4O5. The molecule has 0 radical (unpaired) electrons. The van der Waals surface area contributed by atoms with Gasteiger partial charge in [0.15, 0.2) is 23.9 Å². The number of hydrogen-bond acceptors (Lipinski definition) is 7. The minimum absolute atomic E-state index is 0.159. The predicted molar refractivity (Wildman–Crippen MR) is 192 cm³/mol. The van der Waals surface area contributed by atoms with Crippen molar-refractivity contribution < 1.29 is 23.4 Å². The minimum Gasteiger partial charge on any atom is -0.496 e. The van der Waals surface area contributed by atoms with Crippen LogP contribution in [0.4, 0.5) is 10.1 Å². The van der Waals surface area contributed by atoms with Crippen molar-refractivity contribution in [1.29, 1.82) is 0 Å². The van der Waals surface area contributed by atoms with E-state index in [1.54, 1.807) is 43.7 Å². The molecular weight excluding hydrogens is 623 g/mol. The molecule has 9 nitrogen and oxygen atoms in total. The smallest absolute Gasteiger partial charge is 0.282 e. The number of hydrogen-bond donors (Lipinski definition) is 1. The van der Waals surface area contributed by atoms with Crippen LogP contribution in [0.25, 0.3) is 22.3 Å². The van der Waals surface area contributed by atoms with Crippen molar-refractivity contribution in [2.75, 3.05) is 25.6 Å². The molecule has 1 aromatic heterocycles. The van der Waals surface area contributed by atoms with E-state index in [9.17, 15) is 14.0 Å². The number of anilines is 1. The number of para-hydroxylation sites is 1. The molecule has 252 valence electrons. The summed E-state index contributed by atoms with van der Waals surface area (Å²) in [7, 11) is 1.64. The number of ether oxygens (including phenoxy) is 3. The van der Waals surface area contributed by atoms with Crippen LogP contribution in [0.2, 0.25) is 0 Å². The molecule has 0 saturated heterocycles. The molecule has 0 aliphatic heterocycles.